The predicted octanol–water partition coefficient (Wildman–Crippen LogP) is 2.12. The number of carbonyl (C=O) groups is 1. The number of methoxy groups -OCH3 is 1. The summed E-state index contributed by atoms with van der Waals surface area (Å²) in [4.78, 5) is 11.7. The molecule has 3 nitrogen and oxygen atoms in total. The molecule has 1 saturated carbocycles. The molecule has 1 aromatic rings. The van der Waals surface area contributed by atoms with Crippen LogP contribution in [0.15, 0.2) is 21.7 Å². The Labute approximate surface area is 103 Å². The molecule has 1 heterocycles. The van der Waals surface area contributed by atoms with Crippen LogP contribution in [0.4, 0.5) is 0 Å². The van der Waals surface area contributed by atoms with E-state index in [1.54, 1.807) is 23.1 Å². The Bertz CT molecular complexity index is 362. The van der Waals surface area contributed by atoms with Crippen molar-refractivity contribution in [3.05, 3.63) is 17.5 Å². The van der Waals surface area contributed by atoms with E-state index < -0.39 is 5.54 Å². The molecule has 88 valence electrons. The number of thioether (sulfide) groups is 1. The molecule has 1 unspecified atom stereocenters. The molecule has 0 amide bonds. The van der Waals surface area contributed by atoms with Gasteiger partial charge < -0.3 is 10.5 Å². The van der Waals surface area contributed by atoms with E-state index in [4.69, 9.17) is 10.5 Å². The van der Waals surface area contributed by atoms with Crippen LogP contribution in [0.1, 0.15) is 12.8 Å². The van der Waals surface area contributed by atoms with Gasteiger partial charge in [0.05, 0.1) is 11.3 Å². The molecule has 1 aliphatic carbocycles. The summed E-state index contributed by atoms with van der Waals surface area (Å²) in [5.74, 6) is 0.622. The molecular formula is C11H15NO2S2. The Morgan fingerprint density at radius 1 is 1.75 bits per heavy atom. The SMILES string of the molecule is COC(=O)C(N)(CSc1cccs1)C1CC1. The number of rotatable bonds is 5. The van der Waals surface area contributed by atoms with Crippen LogP contribution in [0.25, 0.3) is 0 Å². The lowest BCUT2D eigenvalue weighted by molar-refractivity contribution is -0.146. The van der Waals surface area contributed by atoms with Gasteiger partial charge in [0.1, 0.15) is 5.54 Å². The maximum atomic E-state index is 11.7. The lowest BCUT2D eigenvalue weighted by Crippen LogP contribution is -2.53. The molecule has 0 saturated heterocycles. The van der Waals surface area contributed by atoms with E-state index in [1.165, 1.54) is 11.3 Å². The minimum atomic E-state index is -0.802. The van der Waals surface area contributed by atoms with Crippen LogP contribution < -0.4 is 5.73 Å². The normalized spacial score (nSPS) is 19.1. The van der Waals surface area contributed by atoms with Gasteiger partial charge in [0.15, 0.2) is 0 Å². The van der Waals surface area contributed by atoms with Gasteiger partial charge in [-0.25, -0.2) is 0 Å². The average Bonchev–Trinajstić information content (AvgIpc) is 3.03. The van der Waals surface area contributed by atoms with Crippen LogP contribution in [0.3, 0.4) is 0 Å². The van der Waals surface area contributed by atoms with Crippen LogP contribution >= 0.6 is 23.1 Å². The van der Waals surface area contributed by atoms with E-state index in [0.717, 1.165) is 12.8 Å². The first-order valence-corrected chi connectivity index (χ1v) is 7.07. The molecule has 16 heavy (non-hydrogen) atoms. The topological polar surface area (TPSA) is 52.3 Å². The third kappa shape index (κ3) is 2.42. The molecule has 1 atom stereocenters. The first-order valence-electron chi connectivity index (χ1n) is 5.20. The Balaban J connectivity index is 2.00. The van der Waals surface area contributed by atoms with Crippen LogP contribution in [0.5, 0.6) is 0 Å². The minimum absolute atomic E-state index is 0.279. The van der Waals surface area contributed by atoms with E-state index in [9.17, 15) is 4.79 Å². The van der Waals surface area contributed by atoms with Crippen LogP contribution in [0, 0.1) is 5.92 Å². The Morgan fingerprint density at radius 3 is 3.00 bits per heavy atom. The van der Waals surface area contributed by atoms with E-state index in [0.29, 0.717) is 11.7 Å². The molecule has 0 bridgehead atoms. The third-order valence-electron chi connectivity index (χ3n) is 2.82. The summed E-state index contributed by atoms with van der Waals surface area (Å²) in [6.45, 7) is 0. The van der Waals surface area contributed by atoms with Gasteiger partial charge in [-0.15, -0.1) is 23.1 Å². The number of carbonyl (C=O) groups excluding carboxylic acids is 1. The minimum Gasteiger partial charge on any atom is -0.468 e. The molecule has 2 rings (SSSR count). The van der Waals surface area contributed by atoms with E-state index in [-0.39, 0.29) is 5.97 Å². The van der Waals surface area contributed by atoms with Crippen molar-refractivity contribution >= 4 is 29.1 Å². The highest BCUT2D eigenvalue weighted by molar-refractivity contribution is 8.01. The number of thiophene rings is 1. The second kappa shape index (κ2) is 4.77. The van der Waals surface area contributed by atoms with Crippen molar-refractivity contribution in [3.8, 4) is 0 Å². The van der Waals surface area contributed by atoms with Crippen LogP contribution in [0.2, 0.25) is 0 Å². The molecule has 1 aliphatic rings. The van der Waals surface area contributed by atoms with E-state index >= 15 is 0 Å². The van der Waals surface area contributed by atoms with Gasteiger partial charge in [-0.1, -0.05) is 6.07 Å². The van der Waals surface area contributed by atoms with E-state index in [1.807, 2.05) is 17.5 Å². The summed E-state index contributed by atoms with van der Waals surface area (Å²) < 4.78 is 6.01. The largest absolute Gasteiger partial charge is 0.468 e. The van der Waals surface area contributed by atoms with Gasteiger partial charge in [-0.05, 0) is 30.2 Å². The van der Waals surface area contributed by atoms with E-state index in [2.05, 4.69) is 0 Å². The fraction of sp³-hybridized carbons (Fsp3) is 0.545. The zero-order valence-corrected chi connectivity index (χ0v) is 10.8. The number of esters is 1. The molecular weight excluding hydrogens is 242 g/mol. The fourth-order valence-electron chi connectivity index (χ4n) is 1.67. The summed E-state index contributed by atoms with van der Waals surface area (Å²) >= 11 is 3.31. The summed E-state index contributed by atoms with van der Waals surface area (Å²) in [6, 6.07) is 4.04. The number of nitrogens with two attached hydrogens (primary N) is 1. The van der Waals surface area contributed by atoms with Gasteiger partial charge in [-0.3, -0.25) is 4.79 Å². The summed E-state index contributed by atoms with van der Waals surface area (Å²) in [5, 5.41) is 2.02. The lowest BCUT2D eigenvalue weighted by Gasteiger charge is -2.25. The smallest absolute Gasteiger partial charge is 0.327 e. The maximum Gasteiger partial charge on any atom is 0.327 e. The first-order chi connectivity index (χ1) is 7.66. The second-order valence-electron chi connectivity index (χ2n) is 4.03. The van der Waals surface area contributed by atoms with Crippen molar-refractivity contribution in [2.24, 2.45) is 11.7 Å². The first kappa shape index (κ1) is 12.0. The summed E-state index contributed by atoms with van der Waals surface area (Å²) in [6.07, 6.45) is 2.08. The van der Waals surface area contributed by atoms with Gasteiger partial charge in [-0.2, -0.15) is 0 Å². The van der Waals surface area contributed by atoms with Crippen LogP contribution in [-0.2, 0) is 9.53 Å². The highest BCUT2D eigenvalue weighted by atomic mass is 32.2. The molecule has 0 spiro atoms. The van der Waals surface area contributed by atoms with Crippen molar-refractivity contribution in [2.75, 3.05) is 12.9 Å². The zero-order valence-electron chi connectivity index (χ0n) is 9.14. The maximum absolute atomic E-state index is 11.7. The average molecular weight is 257 g/mol. The molecule has 0 aromatic carbocycles. The fourth-order valence-corrected chi connectivity index (χ4v) is 3.64. The molecule has 1 fully saturated rings. The van der Waals surface area contributed by atoms with Gasteiger partial charge in [0.2, 0.25) is 0 Å². The van der Waals surface area contributed by atoms with Crippen molar-refractivity contribution in [1.29, 1.82) is 0 Å². The molecule has 2 N–H and O–H groups in total. The van der Waals surface area contributed by atoms with Crippen molar-refractivity contribution < 1.29 is 9.53 Å². The molecule has 5 heteroatoms. The predicted molar refractivity (Wildman–Crippen MR) is 66.7 cm³/mol. The lowest BCUT2D eigenvalue weighted by atomic mass is 9.97. The van der Waals surface area contributed by atoms with Gasteiger partial charge in [0, 0.05) is 5.75 Å². The van der Waals surface area contributed by atoms with Crippen LogP contribution in [-0.4, -0.2) is 24.4 Å². The van der Waals surface area contributed by atoms with Gasteiger partial charge in [0.25, 0.3) is 0 Å². The number of hydrogen-bond donors (Lipinski definition) is 1. The quantitative estimate of drug-likeness (QED) is 0.648. The monoisotopic (exact) mass is 257 g/mol. The third-order valence-corrected chi connectivity index (χ3v) is 5.17. The number of ether oxygens (including phenoxy) is 1. The Hall–Kier alpha value is -0.520. The molecule has 1 aromatic heterocycles. The second-order valence-corrected chi connectivity index (χ2v) is 6.25. The van der Waals surface area contributed by atoms with Gasteiger partial charge >= 0.3 is 5.97 Å². The highest BCUT2D eigenvalue weighted by Gasteiger charge is 2.48. The zero-order chi connectivity index (χ0) is 11.6. The Kier molecular flexibility index (Phi) is 3.56. The number of hydrogen-bond acceptors (Lipinski definition) is 5. The standard InChI is InChI=1S/C11H15NO2S2/c1-14-10(13)11(12,8-4-5-8)7-16-9-3-2-6-15-9/h2-3,6,8H,4-5,7,12H2,1H3. The van der Waals surface area contributed by atoms with Crippen molar-refractivity contribution in [1.82, 2.24) is 0 Å². The Morgan fingerprint density at radius 2 is 2.50 bits per heavy atom. The highest BCUT2D eigenvalue weighted by Crippen LogP contribution is 2.42. The molecule has 0 radical (unpaired) electrons. The summed E-state index contributed by atoms with van der Waals surface area (Å²) in [5.41, 5.74) is 5.38. The van der Waals surface area contributed by atoms with Crippen molar-refractivity contribution in [3.63, 3.8) is 0 Å². The van der Waals surface area contributed by atoms with Crippen molar-refractivity contribution in [2.45, 2.75) is 22.6 Å². The summed E-state index contributed by atoms with van der Waals surface area (Å²) in [7, 11) is 1.40. The molecule has 0 aliphatic heterocycles.